The summed E-state index contributed by atoms with van der Waals surface area (Å²) in [7, 11) is 0. The van der Waals surface area contributed by atoms with Crippen LogP contribution in [0.15, 0.2) is 42.2 Å². The van der Waals surface area contributed by atoms with Gasteiger partial charge in [0.1, 0.15) is 17.4 Å². The van der Waals surface area contributed by atoms with E-state index in [4.69, 9.17) is 0 Å². The van der Waals surface area contributed by atoms with Crippen molar-refractivity contribution in [3.05, 3.63) is 70.5 Å². The van der Waals surface area contributed by atoms with Crippen LogP contribution in [0.25, 0.3) is 5.83 Å². The number of halogens is 4. The standard InChI is InChI=1S/C17H12F4O2/c1-9-3-5-11(6-4-9)15(20)16(21)17(22)23-12-7-13(18)10(2)14(19)8-12/h3-8H,1-2H3/b16-15-. The van der Waals surface area contributed by atoms with Gasteiger partial charge in [-0.15, -0.1) is 0 Å². The van der Waals surface area contributed by atoms with Crippen LogP contribution >= 0.6 is 0 Å². The fraction of sp³-hybridized carbons (Fsp3) is 0.118. The molecule has 2 aromatic rings. The minimum atomic E-state index is -1.78. The summed E-state index contributed by atoms with van der Waals surface area (Å²) in [6, 6.07) is 7.10. The second-order valence-electron chi connectivity index (χ2n) is 4.90. The maximum atomic E-state index is 13.9. The van der Waals surface area contributed by atoms with Crippen LogP contribution in [0.3, 0.4) is 0 Å². The molecule has 0 N–H and O–H groups in total. The number of esters is 1. The number of ether oxygens (including phenoxy) is 1. The number of hydrogen-bond acceptors (Lipinski definition) is 2. The van der Waals surface area contributed by atoms with Crippen LogP contribution < -0.4 is 4.74 Å². The van der Waals surface area contributed by atoms with Crippen LogP contribution in [0, 0.1) is 25.5 Å². The van der Waals surface area contributed by atoms with E-state index in [2.05, 4.69) is 4.74 Å². The second kappa shape index (κ2) is 6.64. The van der Waals surface area contributed by atoms with Crippen molar-refractivity contribution in [3.8, 4) is 5.75 Å². The van der Waals surface area contributed by atoms with E-state index < -0.39 is 35.0 Å². The van der Waals surface area contributed by atoms with Gasteiger partial charge >= 0.3 is 5.97 Å². The van der Waals surface area contributed by atoms with Gasteiger partial charge in [-0.1, -0.05) is 29.8 Å². The number of benzene rings is 2. The fourth-order valence-electron chi connectivity index (χ4n) is 1.75. The monoisotopic (exact) mass is 324 g/mol. The molecule has 0 unspecified atom stereocenters. The Labute approximate surface area is 130 Å². The summed E-state index contributed by atoms with van der Waals surface area (Å²) in [5, 5.41) is 0. The molecule has 6 heteroatoms. The van der Waals surface area contributed by atoms with E-state index in [9.17, 15) is 22.4 Å². The number of hydrogen-bond donors (Lipinski definition) is 0. The van der Waals surface area contributed by atoms with Crippen molar-refractivity contribution in [2.75, 3.05) is 0 Å². The molecule has 0 aliphatic heterocycles. The molecule has 23 heavy (non-hydrogen) atoms. The van der Waals surface area contributed by atoms with Crippen molar-refractivity contribution < 1.29 is 27.1 Å². The first-order chi connectivity index (χ1) is 10.8. The average molecular weight is 324 g/mol. The summed E-state index contributed by atoms with van der Waals surface area (Å²) in [5.41, 5.74) is 0.410. The molecule has 0 saturated heterocycles. The Morgan fingerprint density at radius 3 is 2.00 bits per heavy atom. The van der Waals surface area contributed by atoms with Crippen LogP contribution in [-0.2, 0) is 4.79 Å². The third-order valence-electron chi connectivity index (χ3n) is 3.14. The topological polar surface area (TPSA) is 26.3 Å². The molecule has 0 heterocycles. The first-order valence-corrected chi connectivity index (χ1v) is 6.59. The van der Waals surface area contributed by atoms with Crippen molar-refractivity contribution in [1.29, 1.82) is 0 Å². The van der Waals surface area contributed by atoms with Gasteiger partial charge in [-0.05, 0) is 13.8 Å². The molecular formula is C17H12F4O2. The van der Waals surface area contributed by atoms with Gasteiger partial charge in [-0.25, -0.2) is 18.0 Å². The Morgan fingerprint density at radius 2 is 1.48 bits per heavy atom. The van der Waals surface area contributed by atoms with Crippen LogP contribution in [0.5, 0.6) is 5.75 Å². The van der Waals surface area contributed by atoms with E-state index >= 15 is 0 Å². The zero-order valence-electron chi connectivity index (χ0n) is 12.3. The molecule has 0 amide bonds. The molecule has 0 aromatic heterocycles. The third-order valence-corrected chi connectivity index (χ3v) is 3.14. The highest BCUT2D eigenvalue weighted by Gasteiger charge is 2.20. The number of carbonyl (C=O) groups is 1. The van der Waals surface area contributed by atoms with Crippen molar-refractivity contribution in [3.63, 3.8) is 0 Å². The lowest BCUT2D eigenvalue weighted by Gasteiger charge is -2.06. The van der Waals surface area contributed by atoms with E-state index in [0.29, 0.717) is 12.1 Å². The maximum absolute atomic E-state index is 13.9. The SMILES string of the molecule is Cc1ccc(/C(F)=C(/F)C(=O)Oc2cc(F)c(C)c(F)c2)cc1. The largest absolute Gasteiger partial charge is 0.421 e. The predicted octanol–water partition coefficient (Wildman–Crippen LogP) is 4.79. The van der Waals surface area contributed by atoms with Gasteiger partial charge in [0.15, 0.2) is 5.83 Å². The van der Waals surface area contributed by atoms with Gasteiger partial charge in [0, 0.05) is 23.3 Å². The molecule has 0 fully saturated rings. The summed E-state index contributed by atoms with van der Waals surface area (Å²) in [6.07, 6.45) is 0. The lowest BCUT2D eigenvalue weighted by atomic mass is 10.1. The predicted molar refractivity (Wildman–Crippen MR) is 77.0 cm³/mol. The lowest BCUT2D eigenvalue weighted by molar-refractivity contribution is -0.131. The van der Waals surface area contributed by atoms with E-state index in [1.807, 2.05) is 0 Å². The zero-order chi connectivity index (χ0) is 17.1. The van der Waals surface area contributed by atoms with Crippen molar-refractivity contribution >= 4 is 11.8 Å². The summed E-state index contributed by atoms with van der Waals surface area (Å²) in [6.45, 7) is 2.95. The number of carbonyl (C=O) groups excluding carboxylic acids is 1. The molecule has 0 saturated carbocycles. The molecule has 0 atom stereocenters. The normalized spacial score (nSPS) is 11.9. The Kier molecular flexibility index (Phi) is 4.83. The van der Waals surface area contributed by atoms with Crippen LogP contribution in [0.1, 0.15) is 16.7 Å². The number of aryl methyl sites for hydroxylation is 1. The molecule has 2 nitrogen and oxygen atoms in total. The van der Waals surface area contributed by atoms with E-state index in [-0.39, 0.29) is 11.1 Å². The Bertz CT molecular complexity index is 757. The quantitative estimate of drug-likeness (QED) is 0.351. The molecule has 2 rings (SSSR count). The first-order valence-electron chi connectivity index (χ1n) is 6.59. The smallest absolute Gasteiger partial charge is 0.375 e. The first kappa shape index (κ1) is 16.7. The highest BCUT2D eigenvalue weighted by atomic mass is 19.2. The summed E-state index contributed by atoms with van der Waals surface area (Å²) >= 11 is 0. The minimum Gasteiger partial charge on any atom is -0.421 e. The van der Waals surface area contributed by atoms with Crippen LogP contribution in [0.2, 0.25) is 0 Å². The molecule has 0 spiro atoms. The zero-order valence-corrected chi connectivity index (χ0v) is 12.3. The molecule has 0 bridgehead atoms. The minimum absolute atomic E-state index is 0.147. The molecule has 0 radical (unpaired) electrons. The summed E-state index contributed by atoms with van der Waals surface area (Å²) in [4.78, 5) is 11.6. The van der Waals surface area contributed by atoms with Gasteiger partial charge in [0.2, 0.25) is 5.83 Å². The van der Waals surface area contributed by atoms with E-state index in [1.54, 1.807) is 6.92 Å². The van der Waals surface area contributed by atoms with Gasteiger partial charge in [0.25, 0.3) is 0 Å². The molecule has 0 aliphatic carbocycles. The Balaban J connectivity index is 2.25. The Hall–Kier alpha value is -2.63. The van der Waals surface area contributed by atoms with Gasteiger partial charge < -0.3 is 4.74 Å². The maximum Gasteiger partial charge on any atom is 0.375 e. The molecule has 120 valence electrons. The van der Waals surface area contributed by atoms with Gasteiger partial charge in [0.05, 0.1) is 0 Å². The van der Waals surface area contributed by atoms with Crippen LogP contribution in [-0.4, -0.2) is 5.97 Å². The van der Waals surface area contributed by atoms with Crippen molar-refractivity contribution in [2.45, 2.75) is 13.8 Å². The molecular weight excluding hydrogens is 312 g/mol. The van der Waals surface area contributed by atoms with E-state index in [1.165, 1.54) is 31.2 Å². The third kappa shape index (κ3) is 3.77. The average Bonchev–Trinajstić information content (AvgIpc) is 2.51. The highest BCUT2D eigenvalue weighted by molar-refractivity contribution is 5.94. The van der Waals surface area contributed by atoms with Crippen molar-refractivity contribution in [1.82, 2.24) is 0 Å². The summed E-state index contributed by atoms with van der Waals surface area (Å²) < 4.78 is 58.8. The fourth-order valence-corrected chi connectivity index (χ4v) is 1.75. The van der Waals surface area contributed by atoms with Crippen LogP contribution in [0.4, 0.5) is 17.6 Å². The van der Waals surface area contributed by atoms with Gasteiger partial charge in [-0.2, -0.15) is 4.39 Å². The van der Waals surface area contributed by atoms with Crippen molar-refractivity contribution in [2.24, 2.45) is 0 Å². The highest BCUT2D eigenvalue weighted by Crippen LogP contribution is 2.25. The van der Waals surface area contributed by atoms with E-state index in [0.717, 1.165) is 5.56 Å². The van der Waals surface area contributed by atoms with Gasteiger partial charge in [-0.3, -0.25) is 0 Å². The lowest BCUT2D eigenvalue weighted by Crippen LogP contribution is -2.10. The molecule has 0 aliphatic rings. The number of rotatable bonds is 3. The summed E-state index contributed by atoms with van der Waals surface area (Å²) in [5.74, 6) is -7.35. The Morgan fingerprint density at radius 1 is 0.957 bits per heavy atom. The second-order valence-corrected chi connectivity index (χ2v) is 4.90. The molecule has 2 aromatic carbocycles.